The lowest BCUT2D eigenvalue weighted by Gasteiger charge is -2.29. The van der Waals surface area contributed by atoms with Gasteiger partial charge in [0.05, 0.1) is 0 Å². The first-order valence-electron chi connectivity index (χ1n) is 8.35. The smallest absolute Gasteiger partial charge is 0.167 e. The van der Waals surface area contributed by atoms with Gasteiger partial charge in [0.1, 0.15) is 5.75 Å². The number of benzene rings is 2. The molecular formula is C19H22N4O. The summed E-state index contributed by atoms with van der Waals surface area (Å²) >= 11 is 0. The third kappa shape index (κ3) is 3.88. The first-order valence-corrected chi connectivity index (χ1v) is 8.35. The lowest BCUT2D eigenvalue weighted by atomic mass is 9.87. The van der Waals surface area contributed by atoms with E-state index in [-0.39, 0.29) is 12.8 Å². The maximum Gasteiger partial charge on any atom is 0.167 e. The van der Waals surface area contributed by atoms with Crippen LogP contribution in [0.1, 0.15) is 48.5 Å². The lowest BCUT2D eigenvalue weighted by Crippen LogP contribution is -2.27. The second-order valence-electron chi connectivity index (χ2n) is 6.11. The predicted molar refractivity (Wildman–Crippen MR) is 94.8 cm³/mol. The fourth-order valence-electron chi connectivity index (χ4n) is 3.33. The standard InChI is InChI=1S/C19H22N4O/c1-14(16-8-4-9-17(12-16)24-13-21-23-20)22-19-11-5-7-15-6-2-3-10-18(15)19/h2-4,6,8-10,12,14,19,22H,5,7,11,13H2,1H3/t14-,19?/m0/s1. The van der Waals surface area contributed by atoms with Crippen LogP contribution in [-0.4, -0.2) is 6.73 Å². The SMILES string of the molecule is C[C@H](NC1CCCc2ccccc21)c1cccc(OCN=[N+]=[N-])c1. The van der Waals surface area contributed by atoms with E-state index in [0.717, 1.165) is 17.7 Å². The average molecular weight is 322 g/mol. The molecule has 1 aliphatic carbocycles. The van der Waals surface area contributed by atoms with Crippen molar-refractivity contribution in [1.82, 2.24) is 5.32 Å². The number of hydrogen-bond acceptors (Lipinski definition) is 3. The minimum absolute atomic E-state index is 0.0117. The molecule has 5 heteroatoms. The minimum Gasteiger partial charge on any atom is -0.488 e. The molecule has 0 amide bonds. The quantitative estimate of drug-likeness (QED) is 0.458. The average Bonchev–Trinajstić information content (AvgIpc) is 2.62. The first-order chi connectivity index (χ1) is 11.8. The second kappa shape index (κ2) is 7.86. The number of nitrogens with one attached hydrogen (secondary N) is 1. The van der Waals surface area contributed by atoms with E-state index >= 15 is 0 Å². The zero-order chi connectivity index (χ0) is 16.8. The molecular weight excluding hydrogens is 300 g/mol. The molecule has 24 heavy (non-hydrogen) atoms. The van der Waals surface area contributed by atoms with Crippen LogP contribution in [0.5, 0.6) is 5.75 Å². The Balaban J connectivity index is 1.70. The van der Waals surface area contributed by atoms with Crippen LogP contribution in [-0.2, 0) is 6.42 Å². The molecule has 0 radical (unpaired) electrons. The van der Waals surface area contributed by atoms with Gasteiger partial charge < -0.3 is 10.1 Å². The third-order valence-electron chi connectivity index (χ3n) is 4.53. The van der Waals surface area contributed by atoms with Crippen LogP contribution in [0.15, 0.2) is 53.6 Å². The van der Waals surface area contributed by atoms with Crippen molar-refractivity contribution < 1.29 is 4.74 Å². The van der Waals surface area contributed by atoms with Gasteiger partial charge in [-0.05, 0) is 60.5 Å². The molecule has 1 N–H and O–H groups in total. The summed E-state index contributed by atoms with van der Waals surface area (Å²) in [5.41, 5.74) is 12.4. The van der Waals surface area contributed by atoms with Gasteiger partial charge in [-0.15, -0.1) is 0 Å². The number of azide groups is 1. The summed E-state index contributed by atoms with van der Waals surface area (Å²) in [4.78, 5) is 2.69. The Morgan fingerprint density at radius 2 is 2.17 bits per heavy atom. The van der Waals surface area contributed by atoms with Gasteiger partial charge in [0.15, 0.2) is 6.73 Å². The maximum atomic E-state index is 8.32. The molecule has 1 unspecified atom stereocenters. The van der Waals surface area contributed by atoms with Crippen molar-refractivity contribution in [3.05, 3.63) is 75.7 Å². The highest BCUT2D eigenvalue weighted by molar-refractivity contribution is 5.34. The molecule has 0 aliphatic heterocycles. The van der Waals surface area contributed by atoms with Crippen LogP contribution in [0.25, 0.3) is 10.4 Å². The first kappa shape index (κ1) is 16.4. The van der Waals surface area contributed by atoms with Gasteiger partial charge in [-0.3, -0.25) is 0 Å². The molecule has 0 aromatic heterocycles. The third-order valence-corrected chi connectivity index (χ3v) is 4.53. The van der Waals surface area contributed by atoms with Gasteiger partial charge in [0, 0.05) is 17.0 Å². The topological polar surface area (TPSA) is 70.0 Å². The highest BCUT2D eigenvalue weighted by Gasteiger charge is 2.21. The van der Waals surface area contributed by atoms with Crippen LogP contribution >= 0.6 is 0 Å². The number of hydrogen-bond donors (Lipinski definition) is 1. The van der Waals surface area contributed by atoms with Gasteiger partial charge in [0.25, 0.3) is 0 Å². The van der Waals surface area contributed by atoms with Crippen LogP contribution in [0.4, 0.5) is 0 Å². The summed E-state index contributed by atoms with van der Waals surface area (Å²) < 4.78 is 5.44. The molecule has 0 spiro atoms. The lowest BCUT2D eigenvalue weighted by molar-refractivity contribution is 0.328. The largest absolute Gasteiger partial charge is 0.488 e. The molecule has 5 nitrogen and oxygen atoms in total. The summed E-state index contributed by atoms with van der Waals surface area (Å²) in [6, 6.07) is 17.2. The molecule has 0 bridgehead atoms. The highest BCUT2D eigenvalue weighted by Crippen LogP contribution is 2.32. The van der Waals surface area contributed by atoms with E-state index in [0.29, 0.717) is 6.04 Å². The van der Waals surface area contributed by atoms with Crippen LogP contribution in [0, 0.1) is 0 Å². The number of nitrogens with zero attached hydrogens (tertiary/aromatic N) is 3. The zero-order valence-corrected chi connectivity index (χ0v) is 13.9. The monoisotopic (exact) mass is 322 g/mol. The fourth-order valence-corrected chi connectivity index (χ4v) is 3.33. The molecule has 1 aliphatic rings. The summed E-state index contributed by atoms with van der Waals surface area (Å²) in [5.74, 6) is 0.720. The van der Waals surface area contributed by atoms with Crippen molar-refractivity contribution in [3.8, 4) is 5.75 Å². The molecule has 0 saturated heterocycles. The summed E-state index contributed by atoms with van der Waals surface area (Å²) in [6.07, 6.45) is 3.55. The van der Waals surface area contributed by atoms with Gasteiger partial charge in [-0.2, -0.15) is 0 Å². The second-order valence-corrected chi connectivity index (χ2v) is 6.11. The molecule has 0 saturated carbocycles. The van der Waals surface area contributed by atoms with Crippen molar-refractivity contribution in [1.29, 1.82) is 0 Å². The molecule has 2 atom stereocenters. The Hall–Kier alpha value is -2.49. The summed E-state index contributed by atoms with van der Waals surface area (Å²) in [5, 5.41) is 7.15. The van der Waals surface area contributed by atoms with Crippen molar-refractivity contribution >= 4 is 0 Å². The summed E-state index contributed by atoms with van der Waals surface area (Å²) in [6.45, 7) is 2.18. The number of aryl methyl sites for hydroxylation is 1. The molecule has 2 aromatic rings. The van der Waals surface area contributed by atoms with Crippen molar-refractivity contribution in [2.45, 2.75) is 38.3 Å². The van der Waals surface area contributed by atoms with Crippen molar-refractivity contribution in [3.63, 3.8) is 0 Å². The van der Waals surface area contributed by atoms with E-state index in [4.69, 9.17) is 10.3 Å². The number of rotatable bonds is 6. The molecule has 2 aromatic carbocycles. The molecule has 0 heterocycles. The fraction of sp³-hybridized carbons (Fsp3) is 0.368. The van der Waals surface area contributed by atoms with E-state index in [1.165, 1.54) is 24.0 Å². The van der Waals surface area contributed by atoms with Crippen LogP contribution < -0.4 is 10.1 Å². The van der Waals surface area contributed by atoms with E-state index in [1.54, 1.807) is 0 Å². The van der Waals surface area contributed by atoms with E-state index in [1.807, 2.05) is 18.2 Å². The maximum absolute atomic E-state index is 8.32. The normalized spacial score (nSPS) is 17.5. The molecule has 124 valence electrons. The number of fused-ring (bicyclic) bond motifs is 1. The van der Waals surface area contributed by atoms with Gasteiger partial charge in [-0.1, -0.05) is 41.5 Å². The highest BCUT2D eigenvalue weighted by atomic mass is 16.5. The predicted octanol–water partition coefficient (Wildman–Crippen LogP) is 5.06. The van der Waals surface area contributed by atoms with Crippen molar-refractivity contribution in [2.75, 3.05) is 6.73 Å². The Kier molecular flexibility index (Phi) is 5.36. The number of ether oxygens (including phenoxy) is 1. The van der Waals surface area contributed by atoms with E-state index in [2.05, 4.69) is 52.6 Å². The van der Waals surface area contributed by atoms with E-state index < -0.39 is 0 Å². The molecule has 0 fully saturated rings. The van der Waals surface area contributed by atoms with Crippen LogP contribution in [0.2, 0.25) is 0 Å². The Bertz CT molecular complexity index is 740. The molecule has 3 rings (SSSR count). The summed E-state index contributed by atoms with van der Waals surface area (Å²) in [7, 11) is 0. The zero-order valence-electron chi connectivity index (χ0n) is 13.9. The van der Waals surface area contributed by atoms with E-state index in [9.17, 15) is 0 Å². The Labute approximate surface area is 142 Å². The Morgan fingerprint density at radius 3 is 3.04 bits per heavy atom. The van der Waals surface area contributed by atoms with Gasteiger partial charge in [0.2, 0.25) is 0 Å². The van der Waals surface area contributed by atoms with Gasteiger partial charge in [-0.25, -0.2) is 0 Å². The van der Waals surface area contributed by atoms with Crippen molar-refractivity contribution in [2.24, 2.45) is 5.11 Å². The van der Waals surface area contributed by atoms with Gasteiger partial charge >= 0.3 is 0 Å². The minimum atomic E-state index is 0.0117. The Morgan fingerprint density at radius 1 is 1.29 bits per heavy atom. The van der Waals surface area contributed by atoms with Crippen LogP contribution in [0.3, 0.4) is 0 Å².